The molecule has 0 aliphatic carbocycles. The van der Waals surface area contributed by atoms with Crippen molar-refractivity contribution in [3.63, 3.8) is 0 Å². The second kappa shape index (κ2) is 6.75. The number of nitrogens with one attached hydrogen (secondary N) is 1. The highest BCUT2D eigenvalue weighted by Gasteiger charge is 2.17. The molecule has 0 saturated heterocycles. The topological polar surface area (TPSA) is 73.1 Å². The molecule has 0 fully saturated rings. The zero-order valence-corrected chi connectivity index (χ0v) is 13.6. The smallest absolute Gasteiger partial charge is 0.228 e. The quantitative estimate of drug-likeness (QED) is 0.704. The van der Waals surface area contributed by atoms with Crippen LogP contribution >= 0.6 is 0 Å². The van der Waals surface area contributed by atoms with Crippen LogP contribution in [0.1, 0.15) is 17.8 Å². The fourth-order valence-electron chi connectivity index (χ4n) is 2.39. The van der Waals surface area contributed by atoms with E-state index >= 15 is 0 Å². The van der Waals surface area contributed by atoms with Gasteiger partial charge in [0.15, 0.2) is 5.82 Å². The molecule has 3 rings (SSSR count). The van der Waals surface area contributed by atoms with E-state index in [4.69, 9.17) is 9.26 Å². The number of rotatable bonds is 6. The first kappa shape index (κ1) is 15.4. The molecule has 3 aromatic rings. The van der Waals surface area contributed by atoms with Crippen LogP contribution in [0.4, 0.5) is 5.82 Å². The van der Waals surface area contributed by atoms with Crippen molar-refractivity contribution in [3.05, 3.63) is 35.7 Å². The molecule has 1 N–H and O–H groups in total. The summed E-state index contributed by atoms with van der Waals surface area (Å²) in [5.74, 6) is 1.36. The molecule has 0 unspecified atom stereocenters. The van der Waals surface area contributed by atoms with E-state index in [1.165, 1.54) is 5.56 Å². The Hall–Kier alpha value is -2.47. The molecular weight excluding hydrogens is 292 g/mol. The molecule has 0 aliphatic heterocycles. The molecule has 0 radical (unpaired) electrons. The van der Waals surface area contributed by atoms with Gasteiger partial charge >= 0.3 is 0 Å². The Labute approximate surface area is 134 Å². The summed E-state index contributed by atoms with van der Waals surface area (Å²) < 4.78 is 10.6. The van der Waals surface area contributed by atoms with Crippen LogP contribution in [0, 0.1) is 13.8 Å². The van der Waals surface area contributed by atoms with Crippen LogP contribution in [0.2, 0.25) is 0 Å². The molecule has 0 amide bonds. The number of aromatic nitrogens is 3. The van der Waals surface area contributed by atoms with Gasteiger partial charge in [-0.2, -0.15) is 0 Å². The van der Waals surface area contributed by atoms with E-state index in [1.54, 1.807) is 7.11 Å². The largest absolute Gasteiger partial charge is 0.385 e. The summed E-state index contributed by atoms with van der Waals surface area (Å²) in [5, 5.41) is 7.47. The fraction of sp³-hybridized carbons (Fsp3) is 0.353. The van der Waals surface area contributed by atoms with E-state index in [0.717, 1.165) is 29.7 Å². The molecule has 6 heteroatoms. The van der Waals surface area contributed by atoms with Gasteiger partial charge in [-0.1, -0.05) is 35.0 Å². The highest BCUT2D eigenvalue weighted by atomic mass is 16.5. The van der Waals surface area contributed by atoms with Crippen molar-refractivity contribution in [1.82, 2.24) is 15.1 Å². The lowest BCUT2D eigenvalue weighted by atomic mass is 10.1. The summed E-state index contributed by atoms with van der Waals surface area (Å²) in [6.07, 6.45) is 0.889. The maximum atomic E-state index is 5.51. The van der Waals surface area contributed by atoms with E-state index < -0.39 is 0 Å². The maximum Gasteiger partial charge on any atom is 0.228 e. The van der Waals surface area contributed by atoms with Crippen LogP contribution in [0.3, 0.4) is 0 Å². The van der Waals surface area contributed by atoms with Crippen molar-refractivity contribution in [2.24, 2.45) is 0 Å². The van der Waals surface area contributed by atoms with Gasteiger partial charge in [-0.05, 0) is 20.3 Å². The highest BCUT2D eigenvalue weighted by Crippen LogP contribution is 2.30. The van der Waals surface area contributed by atoms with Crippen LogP contribution in [0.25, 0.3) is 22.4 Å². The number of aryl methyl sites for hydroxylation is 2. The maximum absolute atomic E-state index is 5.51. The van der Waals surface area contributed by atoms with Crippen molar-refractivity contribution in [2.75, 3.05) is 25.6 Å². The monoisotopic (exact) mass is 312 g/mol. The van der Waals surface area contributed by atoms with Gasteiger partial charge in [-0.3, -0.25) is 0 Å². The normalized spacial score (nSPS) is 11.1. The van der Waals surface area contributed by atoms with Gasteiger partial charge in [-0.15, -0.1) is 0 Å². The van der Waals surface area contributed by atoms with Crippen molar-refractivity contribution in [1.29, 1.82) is 0 Å². The Kier molecular flexibility index (Phi) is 4.52. The molecule has 0 aliphatic rings. The summed E-state index contributed by atoms with van der Waals surface area (Å²) in [5.41, 5.74) is 4.25. The molecule has 0 bridgehead atoms. The molecule has 23 heavy (non-hydrogen) atoms. The minimum atomic E-state index is 0.587. The minimum absolute atomic E-state index is 0.587. The average Bonchev–Trinajstić information content (AvgIpc) is 2.96. The highest BCUT2D eigenvalue weighted by molar-refractivity contribution is 5.93. The van der Waals surface area contributed by atoms with Gasteiger partial charge < -0.3 is 14.6 Å². The lowest BCUT2D eigenvalue weighted by Crippen LogP contribution is -2.07. The SMILES string of the molecule is COCCCNc1nc(C)nc2c(-c3ccc(C)cc3)noc12. The summed E-state index contributed by atoms with van der Waals surface area (Å²) in [4.78, 5) is 8.93. The number of hydrogen-bond donors (Lipinski definition) is 1. The van der Waals surface area contributed by atoms with Crippen LogP contribution in [-0.4, -0.2) is 35.4 Å². The van der Waals surface area contributed by atoms with E-state index in [-0.39, 0.29) is 0 Å². The van der Waals surface area contributed by atoms with Crippen LogP contribution in [0.5, 0.6) is 0 Å². The molecular formula is C17H20N4O2. The van der Waals surface area contributed by atoms with Crippen molar-refractivity contribution < 1.29 is 9.26 Å². The van der Waals surface area contributed by atoms with Crippen molar-refractivity contribution >= 4 is 16.9 Å². The molecule has 120 valence electrons. The third-order valence-corrected chi connectivity index (χ3v) is 3.57. The Morgan fingerprint density at radius 2 is 1.91 bits per heavy atom. The summed E-state index contributed by atoms with van der Waals surface area (Å²) in [6.45, 7) is 5.37. The Balaban J connectivity index is 1.96. The third kappa shape index (κ3) is 3.32. The van der Waals surface area contributed by atoms with Gasteiger partial charge in [0.2, 0.25) is 5.58 Å². The standard InChI is InChI=1S/C17H20N4O2/c1-11-5-7-13(8-6-11)14-15-16(23-21-14)17(20-12(2)19-15)18-9-4-10-22-3/h5-8H,4,9-10H2,1-3H3,(H,18,19,20). The number of hydrogen-bond acceptors (Lipinski definition) is 6. The molecule has 0 spiro atoms. The van der Waals surface area contributed by atoms with E-state index in [1.807, 2.05) is 31.2 Å². The molecule has 2 aromatic heterocycles. The number of benzene rings is 1. The van der Waals surface area contributed by atoms with Gasteiger partial charge in [0.25, 0.3) is 0 Å². The molecule has 0 saturated carbocycles. The van der Waals surface area contributed by atoms with Crippen LogP contribution in [-0.2, 0) is 4.74 Å². The van der Waals surface area contributed by atoms with Gasteiger partial charge in [0.05, 0.1) is 0 Å². The Morgan fingerprint density at radius 3 is 2.65 bits per heavy atom. The van der Waals surface area contributed by atoms with Crippen molar-refractivity contribution in [3.8, 4) is 11.3 Å². The van der Waals surface area contributed by atoms with E-state index in [2.05, 4.69) is 27.4 Å². The first-order valence-electron chi connectivity index (χ1n) is 7.63. The average molecular weight is 312 g/mol. The summed E-state index contributed by atoms with van der Waals surface area (Å²) in [7, 11) is 1.69. The predicted molar refractivity (Wildman–Crippen MR) is 89.5 cm³/mol. The Morgan fingerprint density at radius 1 is 1.13 bits per heavy atom. The van der Waals surface area contributed by atoms with Crippen LogP contribution < -0.4 is 5.32 Å². The lowest BCUT2D eigenvalue weighted by molar-refractivity contribution is 0.197. The molecule has 2 heterocycles. The number of ether oxygens (including phenoxy) is 1. The first-order chi connectivity index (χ1) is 11.2. The molecule has 1 aromatic carbocycles. The number of fused-ring (bicyclic) bond motifs is 1. The van der Waals surface area contributed by atoms with Crippen molar-refractivity contribution in [2.45, 2.75) is 20.3 Å². The summed E-state index contributed by atoms with van der Waals surface area (Å²) in [6, 6.07) is 8.15. The molecule has 0 atom stereocenters. The zero-order valence-electron chi connectivity index (χ0n) is 13.6. The minimum Gasteiger partial charge on any atom is -0.385 e. The van der Waals surface area contributed by atoms with Crippen LogP contribution in [0.15, 0.2) is 28.8 Å². The van der Waals surface area contributed by atoms with Gasteiger partial charge in [0.1, 0.15) is 17.0 Å². The van der Waals surface area contributed by atoms with E-state index in [0.29, 0.717) is 23.8 Å². The number of anilines is 1. The second-order valence-electron chi connectivity index (χ2n) is 5.47. The number of methoxy groups -OCH3 is 1. The Bertz CT molecular complexity index is 796. The van der Waals surface area contributed by atoms with E-state index in [9.17, 15) is 0 Å². The third-order valence-electron chi connectivity index (χ3n) is 3.57. The van der Waals surface area contributed by atoms with Gasteiger partial charge in [-0.25, -0.2) is 9.97 Å². The second-order valence-corrected chi connectivity index (χ2v) is 5.47. The van der Waals surface area contributed by atoms with Gasteiger partial charge in [0, 0.05) is 25.8 Å². The first-order valence-corrected chi connectivity index (χ1v) is 7.63. The number of nitrogens with zero attached hydrogens (tertiary/aromatic N) is 3. The lowest BCUT2D eigenvalue weighted by Gasteiger charge is -2.06. The zero-order chi connectivity index (χ0) is 16.2. The molecule has 6 nitrogen and oxygen atoms in total. The summed E-state index contributed by atoms with van der Waals surface area (Å²) >= 11 is 0. The predicted octanol–water partition coefficient (Wildman–Crippen LogP) is 3.35. The fourth-order valence-corrected chi connectivity index (χ4v) is 2.39.